The highest BCUT2D eigenvalue weighted by atomic mass is 32.2. The number of thioether (sulfide) groups is 1. The monoisotopic (exact) mass is 379 g/mol. The molecule has 0 saturated carbocycles. The van der Waals surface area contributed by atoms with Gasteiger partial charge in [0.05, 0.1) is 22.3 Å². The van der Waals surface area contributed by atoms with E-state index >= 15 is 0 Å². The van der Waals surface area contributed by atoms with E-state index in [2.05, 4.69) is 16.9 Å². The van der Waals surface area contributed by atoms with Crippen LogP contribution in [0.5, 0.6) is 0 Å². The van der Waals surface area contributed by atoms with Crippen molar-refractivity contribution in [2.75, 3.05) is 12.3 Å². The summed E-state index contributed by atoms with van der Waals surface area (Å²) >= 11 is 1.25. The van der Waals surface area contributed by atoms with Crippen LogP contribution < -0.4 is 10.9 Å². The van der Waals surface area contributed by atoms with Gasteiger partial charge in [0.25, 0.3) is 5.56 Å². The van der Waals surface area contributed by atoms with Gasteiger partial charge in [0.1, 0.15) is 0 Å². The molecule has 1 aromatic heterocycles. The van der Waals surface area contributed by atoms with Gasteiger partial charge in [-0.1, -0.05) is 48.2 Å². The maximum atomic E-state index is 13.3. The second kappa shape index (κ2) is 8.22. The lowest BCUT2D eigenvalue weighted by molar-refractivity contribution is -0.118. The molecule has 0 fully saturated rings. The van der Waals surface area contributed by atoms with Crippen molar-refractivity contribution < 1.29 is 4.79 Å². The molecule has 2 aromatic carbocycles. The average Bonchev–Trinajstić information content (AvgIpc) is 2.66. The molecule has 0 spiro atoms. The van der Waals surface area contributed by atoms with Crippen molar-refractivity contribution in [3.63, 3.8) is 0 Å². The minimum Gasteiger partial charge on any atom is -0.352 e. The van der Waals surface area contributed by atoms with E-state index in [0.29, 0.717) is 22.6 Å². The maximum Gasteiger partial charge on any atom is 0.266 e. The lowest BCUT2D eigenvalue weighted by atomic mass is 10.1. The summed E-state index contributed by atoms with van der Waals surface area (Å²) in [7, 11) is 0. The molecule has 0 aliphatic rings. The summed E-state index contributed by atoms with van der Waals surface area (Å²) in [6, 6.07) is 13.2. The first-order chi connectivity index (χ1) is 13.0. The number of aryl methyl sites for hydroxylation is 2. The van der Waals surface area contributed by atoms with Gasteiger partial charge in [0.15, 0.2) is 5.16 Å². The first-order valence-electron chi connectivity index (χ1n) is 8.61. The summed E-state index contributed by atoms with van der Waals surface area (Å²) in [5, 5.41) is 3.80. The van der Waals surface area contributed by atoms with Crippen molar-refractivity contribution in [1.29, 1.82) is 0 Å². The average molecular weight is 379 g/mol. The van der Waals surface area contributed by atoms with Gasteiger partial charge in [0, 0.05) is 6.54 Å². The Morgan fingerprint density at radius 3 is 2.59 bits per heavy atom. The van der Waals surface area contributed by atoms with E-state index in [4.69, 9.17) is 0 Å². The second-order valence-electron chi connectivity index (χ2n) is 6.17. The zero-order chi connectivity index (χ0) is 19.4. The highest BCUT2D eigenvalue weighted by molar-refractivity contribution is 7.99. The number of nitrogens with one attached hydrogen (secondary N) is 1. The topological polar surface area (TPSA) is 64.0 Å². The fraction of sp³-hybridized carbons (Fsp3) is 0.190. The molecule has 1 N–H and O–H groups in total. The SMILES string of the molecule is C=CCNC(=O)CSc1nc2ccccc2c(=O)n1-c1c(C)cccc1C. The summed E-state index contributed by atoms with van der Waals surface area (Å²) in [5.41, 5.74) is 3.26. The zero-order valence-electron chi connectivity index (χ0n) is 15.4. The molecule has 1 heterocycles. The fourth-order valence-corrected chi connectivity index (χ4v) is 3.76. The van der Waals surface area contributed by atoms with Gasteiger partial charge in [0.2, 0.25) is 5.91 Å². The molecule has 6 heteroatoms. The number of hydrogen-bond acceptors (Lipinski definition) is 4. The summed E-state index contributed by atoms with van der Waals surface area (Å²) in [6.45, 7) is 7.94. The van der Waals surface area contributed by atoms with Crippen LogP contribution in [0.15, 0.2) is 65.1 Å². The number of amides is 1. The summed E-state index contributed by atoms with van der Waals surface area (Å²) in [4.78, 5) is 29.9. The number of carbonyl (C=O) groups excluding carboxylic acids is 1. The molecule has 0 aliphatic carbocycles. The third-order valence-corrected chi connectivity index (χ3v) is 5.12. The molecule has 0 saturated heterocycles. The number of benzene rings is 2. The molecule has 0 bridgehead atoms. The van der Waals surface area contributed by atoms with Crippen molar-refractivity contribution in [2.24, 2.45) is 0 Å². The number of rotatable bonds is 6. The van der Waals surface area contributed by atoms with Crippen molar-refractivity contribution >= 4 is 28.6 Å². The molecular weight excluding hydrogens is 358 g/mol. The molecule has 138 valence electrons. The van der Waals surface area contributed by atoms with Crippen molar-refractivity contribution in [3.8, 4) is 5.69 Å². The molecule has 0 atom stereocenters. The molecule has 27 heavy (non-hydrogen) atoms. The van der Waals surface area contributed by atoms with Crippen LogP contribution in [-0.4, -0.2) is 27.8 Å². The van der Waals surface area contributed by atoms with Crippen LogP contribution in [0.25, 0.3) is 16.6 Å². The molecule has 0 aliphatic heterocycles. The highest BCUT2D eigenvalue weighted by Gasteiger charge is 2.17. The van der Waals surface area contributed by atoms with Gasteiger partial charge < -0.3 is 5.32 Å². The van der Waals surface area contributed by atoms with Crippen molar-refractivity contribution in [2.45, 2.75) is 19.0 Å². The minimum atomic E-state index is -0.132. The Hall–Kier alpha value is -2.86. The molecule has 3 aromatic rings. The molecule has 3 rings (SSSR count). The quantitative estimate of drug-likeness (QED) is 0.405. The standard InChI is InChI=1S/C21H21N3O2S/c1-4-12-22-18(25)13-27-21-23-17-11-6-5-10-16(17)20(26)24(21)19-14(2)8-7-9-15(19)3/h4-11H,1,12-13H2,2-3H3,(H,22,25). The smallest absolute Gasteiger partial charge is 0.266 e. The normalized spacial score (nSPS) is 10.7. The molecule has 0 unspecified atom stereocenters. The van der Waals surface area contributed by atoms with Gasteiger partial charge in [-0.15, -0.1) is 6.58 Å². The Morgan fingerprint density at radius 1 is 1.19 bits per heavy atom. The Morgan fingerprint density at radius 2 is 1.89 bits per heavy atom. The first-order valence-corrected chi connectivity index (χ1v) is 9.60. The first kappa shape index (κ1) is 18.9. The Kier molecular flexibility index (Phi) is 5.76. The zero-order valence-corrected chi connectivity index (χ0v) is 16.2. The van der Waals surface area contributed by atoms with E-state index < -0.39 is 0 Å². The predicted octanol–water partition coefficient (Wildman–Crippen LogP) is 3.40. The third kappa shape index (κ3) is 3.95. The lowest BCUT2D eigenvalue weighted by Crippen LogP contribution is -2.27. The highest BCUT2D eigenvalue weighted by Crippen LogP contribution is 2.25. The van der Waals surface area contributed by atoms with Gasteiger partial charge in [-0.25, -0.2) is 4.98 Å². The van der Waals surface area contributed by atoms with Crippen LogP contribution in [0.1, 0.15) is 11.1 Å². The number of aromatic nitrogens is 2. The molecule has 5 nitrogen and oxygen atoms in total. The largest absolute Gasteiger partial charge is 0.352 e. The van der Waals surface area contributed by atoms with E-state index in [0.717, 1.165) is 16.8 Å². The Bertz CT molecular complexity index is 1050. The van der Waals surface area contributed by atoms with Gasteiger partial charge >= 0.3 is 0 Å². The van der Waals surface area contributed by atoms with Crippen molar-refractivity contribution in [1.82, 2.24) is 14.9 Å². The van der Waals surface area contributed by atoms with Crippen LogP contribution >= 0.6 is 11.8 Å². The Balaban J connectivity index is 2.15. The molecule has 0 radical (unpaired) electrons. The third-order valence-electron chi connectivity index (χ3n) is 4.18. The van der Waals surface area contributed by atoms with Crippen LogP contribution in [0.3, 0.4) is 0 Å². The number of para-hydroxylation sites is 2. The van der Waals surface area contributed by atoms with E-state index in [9.17, 15) is 9.59 Å². The lowest BCUT2D eigenvalue weighted by Gasteiger charge is -2.17. The van der Waals surface area contributed by atoms with E-state index in [-0.39, 0.29) is 17.2 Å². The van der Waals surface area contributed by atoms with Crippen LogP contribution in [0.4, 0.5) is 0 Å². The molecule has 1 amide bonds. The van der Waals surface area contributed by atoms with E-state index in [1.165, 1.54) is 11.8 Å². The number of carbonyl (C=O) groups is 1. The van der Waals surface area contributed by atoms with E-state index in [1.54, 1.807) is 16.7 Å². The summed E-state index contributed by atoms with van der Waals surface area (Å²) in [5.74, 6) is 0.0409. The van der Waals surface area contributed by atoms with Gasteiger partial charge in [-0.05, 0) is 37.1 Å². The second-order valence-corrected chi connectivity index (χ2v) is 7.12. The summed E-state index contributed by atoms with van der Waals surface area (Å²) < 4.78 is 1.62. The maximum absolute atomic E-state index is 13.3. The van der Waals surface area contributed by atoms with Crippen LogP contribution in [0.2, 0.25) is 0 Å². The van der Waals surface area contributed by atoms with Crippen molar-refractivity contribution in [3.05, 3.63) is 76.6 Å². The molecular formula is C21H21N3O2S. The predicted molar refractivity (Wildman–Crippen MR) is 111 cm³/mol. The van der Waals surface area contributed by atoms with Crippen LogP contribution in [0, 0.1) is 13.8 Å². The number of fused-ring (bicyclic) bond motifs is 1. The van der Waals surface area contributed by atoms with Gasteiger partial charge in [-0.2, -0.15) is 0 Å². The summed E-state index contributed by atoms with van der Waals surface area (Å²) in [6.07, 6.45) is 1.63. The van der Waals surface area contributed by atoms with Gasteiger partial charge in [-0.3, -0.25) is 14.2 Å². The Labute approximate surface area is 162 Å². The number of nitrogens with zero attached hydrogens (tertiary/aromatic N) is 2. The minimum absolute atomic E-state index is 0.129. The van der Waals surface area contributed by atoms with E-state index in [1.807, 2.05) is 50.2 Å². The number of hydrogen-bond donors (Lipinski definition) is 1. The fourth-order valence-electron chi connectivity index (χ4n) is 2.93. The van der Waals surface area contributed by atoms with Crippen LogP contribution in [-0.2, 0) is 4.79 Å².